The summed E-state index contributed by atoms with van der Waals surface area (Å²) in [6.45, 7) is 11.0. The maximum atomic E-state index is 14.1. The number of ether oxygens (including phenoxy) is 2. The number of hydrogen-bond acceptors (Lipinski definition) is 8. The number of amides is 4. The van der Waals surface area contributed by atoms with Crippen LogP contribution in [0.25, 0.3) is 0 Å². The van der Waals surface area contributed by atoms with Gasteiger partial charge in [-0.1, -0.05) is 57.5 Å². The molecular formula is C37H61N5O7. The molecule has 1 aliphatic carbocycles. The standard InChI is InChI=1S/C37H61N5O7/c1-22(2)30(40-36(47)37(5,6)38)35(46)41(7)31(25-17-13-18-25)28(48-8)21-29(43)42-20-14-19-27(42)33(49-9)23(3)34(45)39-24(4)32(44)26-15-11-10-12-16-26/h10-12,15-16,22-25,27-28,30-33,44H,13-14,17-21,38H2,1-9H3,(H,39,45)(H,40,47). The average molecular weight is 688 g/mol. The van der Waals surface area contributed by atoms with Gasteiger partial charge in [0, 0.05) is 27.8 Å². The molecule has 12 nitrogen and oxygen atoms in total. The van der Waals surface area contributed by atoms with Gasteiger partial charge in [0.25, 0.3) is 0 Å². The van der Waals surface area contributed by atoms with Gasteiger partial charge in [0.2, 0.25) is 23.6 Å². The molecule has 8 atom stereocenters. The third-order valence-corrected chi connectivity index (χ3v) is 10.5. The summed E-state index contributed by atoms with van der Waals surface area (Å²) >= 11 is 0. The van der Waals surface area contributed by atoms with Crippen LogP contribution in [-0.2, 0) is 28.7 Å². The number of methoxy groups -OCH3 is 2. The summed E-state index contributed by atoms with van der Waals surface area (Å²) in [4.78, 5) is 57.7. The van der Waals surface area contributed by atoms with Crippen LogP contribution in [0, 0.1) is 17.8 Å². The summed E-state index contributed by atoms with van der Waals surface area (Å²) in [5.74, 6) is -1.68. The normalized spacial score (nSPS) is 21.1. The lowest BCUT2D eigenvalue weighted by atomic mass is 9.76. The highest BCUT2D eigenvalue weighted by Gasteiger charge is 2.45. The molecule has 0 bridgehead atoms. The van der Waals surface area contributed by atoms with E-state index in [-0.39, 0.29) is 48.1 Å². The monoisotopic (exact) mass is 687 g/mol. The first-order valence-electron chi connectivity index (χ1n) is 17.8. The third kappa shape index (κ3) is 10.0. The molecule has 276 valence electrons. The maximum Gasteiger partial charge on any atom is 0.245 e. The van der Waals surface area contributed by atoms with E-state index < -0.39 is 47.8 Å². The topological polar surface area (TPSA) is 164 Å². The molecule has 0 spiro atoms. The molecule has 1 saturated heterocycles. The molecule has 3 rings (SSSR count). The zero-order valence-corrected chi connectivity index (χ0v) is 31.0. The SMILES string of the molecule is COC(CC(=O)N1CCCC1C(OC)C(C)C(=O)NC(C)C(O)c1ccccc1)C(C1CCC1)N(C)C(=O)C(NC(=O)C(C)(C)N)C(C)C. The maximum absolute atomic E-state index is 14.1. The van der Waals surface area contributed by atoms with Crippen molar-refractivity contribution in [2.24, 2.45) is 23.5 Å². The summed E-state index contributed by atoms with van der Waals surface area (Å²) in [5, 5.41) is 16.6. The molecule has 5 N–H and O–H groups in total. The number of hydrogen-bond donors (Lipinski definition) is 4. The fourth-order valence-corrected chi connectivity index (χ4v) is 7.15. The van der Waals surface area contributed by atoms with Crippen LogP contribution in [-0.4, -0.2) is 108 Å². The Hall–Kier alpha value is -3.06. The van der Waals surface area contributed by atoms with Gasteiger partial charge in [-0.05, 0) is 63.9 Å². The Morgan fingerprint density at radius 2 is 1.63 bits per heavy atom. The van der Waals surface area contributed by atoms with Crippen LogP contribution >= 0.6 is 0 Å². The number of benzene rings is 1. The number of rotatable bonds is 17. The van der Waals surface area contributed by atoms with Gasteiger partial charge in [-0.25, -0.2) is 0 Å². The molecule has 0 radical (unpaired) electrons. The van der Waals surface area contributed by atoms with Crippen LogP contribution in [0.15, 0.2) is 30.3 Å². The molecule has 1 saturated carbocycles. The predicted molar refractivity (Wildman–Crippen MR) is 188 cm³/mol. The van der Waals surface area contributed by atoms with Crippen molar-refractivity contribution in [3.8, 4) is 0 Å². The van der Waals surface area contributed by atoms with Crippen LogP contribution in [0.2, 0.25) is 0 Å². The second kappa shape index (κ2) is 17.7. The molecule has 2 fully saturated rings. The van der Waals surface area contributed by atoms with E-state index in [0.717, 1.165) is 25.7 Å². The zero-order valence-electron chi connectivity index (χ0n) is 31.0. The average Bonchev–Trinajstić information content (AvgIpc) is 3.52. The molecule has 8 unspecified atom stereocenters. The van der Waals surface area contributed by atoms with Gasteiger partial charge in [0.15, 0.2) is 0 Å². The van der Waals surface area contributed by atoms with E-state index in [1.54, 1.807) is 58.8 Å². The Balaban J connectivity index is 1.74. The van der Waals surface area contributed by atoms with Gasteiger partial charge < -0.3 is 40.7 Å². The predicted octanol–water partition coefficient (Wildman–Crippen LogP) is 2.78. The number of likely N-dealkylation sites (N-methyl/N-ethyl adjacent to an activating group) is 1. The Labute approximate surface area is 292 Å². The largest absolute Gasteiger partial charge is 0.386 e. The molecule has 1 heterocycles. The molecule has 0 aromatic heterocycles. The zero-order chi connectivity index (χ0) is 36.6. The smallest absolute Gasteiger partial charge is 0.245 e. The van der Waals surface area contributed by atoms with Crippen LogP contribution < -0.4 is 16.4 Å². The van der Waals surface area contributed by atoms with E-state index in [2.05, 4.69) is 10.6 Å². The van der Waals surface area contributed by atoms with Crippen molar-refractivity contribution in [3.63, 3.8) is 0 Å². The number of carbonyl (C=O) groups excluding carboxylic acids is 4. The summed E-state index contributed by atoms with van der Waals surface area (Å²) in [7, 11) is 4.85. The molecule has 1 aliphatic heterocycles. The van der Waals surface area contributed by atoms with Crippen LogP contribution in [0.5, 0.6) is 0 Å². The van der Waals surface area contributed by atoms with Crippen molar-refractivity contribution in [1.29, 1.82) is 0 Å². The summed E-state index contributed by atoms with van der Waals surface area (Å²) < 4.78 is 11.9. The first kappa shape index (κ1) is 40.4. The van der Waals surface area contributed by atoms with E-state index in [1.165, 1.54) is 0 Å². The lowest BCUT2D eigenvalue weighted by Gasteiger charge is -2.45. The highest BCUT2D eigenvalue weighted by Crippen LogP contribution is 2.36. The molecule has 1 aromatic carbocycles. The van der Waals surface area contributed by atoms with Gasteiger partial charge in [0.1, 0.15) is 6.04 Å². The fraction of sp³-hybridized carbons (Fsp3) is 0.730. The fourth-order valence-electron chi connectivity index (χ4n) is 7.15. The van der Waals surface area contributed by atoms with Crippen molar-refractivity contribution < 1.29 is 33.8 Å². The highest BCUT2D eigenvalue weighted by molar-refractivity contribution is 5.91. The second-order valence-corrected chi connectivity index (χ2v) is 15.0. The molecule has 49 heavy (non-hydrogen) atoms. The second-order valence-electron chi connectivity index (χ2n) is 15.0. The van der Waals surface area contributed by atoms with Crippen molar-refractivity contribution in [3.05, 3.63) is 35.9 Å². The van der Waals surface area contributed by atoms with E-state index >= 15 is 0 Å². The Morgan fingerprint density at radius 1 is 1.00 bits per heavy atom. The van der Waals surface area contributed by atoms with Gasteiger partial charge in [-0.15, -0.1) is 0 Å². The molecule has 2 aliphatic rings. The van der Waals surface area contributed by atoms with Crippen LogP contribution in [0.1, 0.15) is 91.7 Å². The minimum Gasteiger partial charge on any atom is -0.386 e. The van der Waals surface area contributed by atoms with Gasteiger partial charge in [-0.2, -0.15) is 0 Å². The molecule has 12 heteroatoms. The van der Waals surface area contributed by atoms with E-state index in [9.17, 15) is 24.3 Å². The number of aliphatic hydroxyl groups is 1. The third-order valence-electron chi connectivity index (χ3n) is 10.5. The number of nitrogens with one attached hydrogen (secondary N) is 2. The van der Waals surface area contributed by atoms with Crippen molar-refractivity contribution in [1.82, 2.24) is 20.4 Å². The summed E-state index contributed by atoms with van der Waals surface area (Å²) in [5.41, 5.74) is 5.58. The quantitative estimate of drug-likeness (QED) is 0.194. The van der Waals surface area contributed by atoms with Gasteiger partial charge in [-0.3, -0.25) is 19.2 Å². The lowest BCUT2D eigenvalue weighted by Crippen LogP contribution is -2.61. The summed E-state index contributed by atoms with van der Waals surface area (Å²) in [6.07, 6.45) is 2.33. The minimum atomic E-state index is -1.15. The molecule has 1 aromatic rings. The van der Waals surface area contributed by atoms with Crippen molar-refractivity contribution in [2.45, 2.75) is 128 Å². The number of carbonyl (C=O) groups is 4. The number of aliphatic hydroxyl groups excluding tert-OH is 1. The van der Waals surface area contributed by atoms with E-state index in [4.69, 9.17) is 15.2 Å². The molecule has 4 amide bonds. The van der Waals surface area contributed by atoms with E-state index in [1.807, 2.05) is 44.2 Å². The first-order valence-corrected chi connectivity index (χ1v) is 17.8. The van der Waals surface area contributed by atoms with Gasteiger partial charge >= 0.3 is 0 Å². The number of nitrogens with two attached hydrogens (primary N) is 1. The van der Waals surface area contributed by atoms with Crippen LogP contribution in [0.4, 0.5) is 0 Å². The lowest BCUT2D eigenvalue weighted by molar-refractivity contribution is -0.149. The summed E-state index contributed by atoms with van der Waals surface area (Å²) in [6, 6.07) is 7.16. The van der Waals surface area contributed by atoms with Crippen molar-refractivity contribution >= 4 is 23.6 Å². The first-order chi connectivity index (χ1) is 23.0. The highest BCUT2D eigenvalue weighted by atomic mass is 16.5. The molecular weight excluding hydrogens is 626 g/mol. The minimum absolute atomic E-state index is 0.0532. The van der Waals surface area contributed by atoms with Crippen LogP contribution in [0.3, 0.4) is 0 Å². The number of likely N-dealkylation sites (tertiary alicyclic amines) is 1. The Bertz CT molecular complexity index is 1250. The Kier molecular flexibility index (Phi) is 14.6. The Morgan fingerprint density at radius 3 is 2.14 bits per heavy atom. The van der Waals surface area contributed by atoms with Crippen molar-refractivity contribution in [2.75, 3.05) is 27.8 Å². The van der Waals surface area contributed by atoms with Gasteiger partial charge in [0.05, 0.1) is 54.3 Å². The van der Waals surface area contributed by atoms with E-state index in [0.29, 0.717) is 18.5 Å². The number of nitrogens with zero attached hydrogens (tertiary/aromatic N) is 2.